The lowest BCUT2D eigenvalue weighted by atomic mass is 10.0. The molecule has 0 aliphatic carbocycles. The normalized spacial score (nSPS) is 15.9. The molecule has 0 aliphatic heterocycles. The molecule has 0 rings (SSSR count). The molecule has 0 spiro atoms. The number of ether oxygens (including phenoxy) is 3. The van der Waals surface area contributed by atoms with Gasteiger partial charge in [0.05, 0.1) is 43.2 Å². The fraction of sp³-hybridized carbons (Fsp3) is 1.00. The molecule has 212 valence electrons. The van der Waals surface area contributed by atoms with Crippen LogP contribution in [0.5, 0.6) is 0 Å². The predicted octanol–water partition coefficient (Wildman–Crippen LogP) is 2.32. The Kier molecular flexibility index (Phi) is 22.6. The van der Waals surface area contributed by atoms with Gasteiger partial charge in [0.2, 0.25) is 0 Å². The van der Waals surface area contributed by atoms with Gasteiger partial charge in [-0.15, -0.1) is 0 Å². The highest BCUT2D eigenvalue weighted by molar-refractivity contribution is 7.99. The standard InChI is InChI=1S/C25H52O8S2/c1-20(2)13-21(27)16-34-17-22(28)14-32-11-7-8-12-33-25(3,4)24(30)19-35-18-23(29)15-31-10-6-5-9-26/h20-24,26-30H,5-19H2,1-4H3. The summed E-state index contributed by atoms with van der Waals surface area (Å²) >= 11 is 3.02. The van der Waals surface area contributed by atoms with E-state index in [1.807, 2.05) is 13.8 Å². The van der Waals surface area contributed by atoms with Gasteiger partial charge < -0.3 is 39.7 Å². The Morgan fingerprint density at radius 3 is 1.71 bits per heavy atom. The lowest BCUT2D eigenvalue weighted by Gasteiger charge is -2.31. The van der Waals surface area contributed by atoms with E-state index in [1.165, 1.54) is 11.8 Å². The molecule has 4 atom stereocenters. The van der Waals surface area contributed by atoms with Crippen molar-refractivity contribution in [3.05, 3.63) is 0 Å². The molecule has 35 heavy (non-hydrogen) atoms. The maximum atomic E-state index is 10.5. The molecule has 5 N–H and O–H groups in total. The maximum Gasteiger partial charge on any atom is 0.0914 e. The van der Waals surface area contributed by atoms with Crippen molar-refractivity contribution in [1.82, 2.24) is 0 Å². The van der Waals surface area contributed by atoms with E-state index in [2.05, 4.69) is 13.8 Å². The molecule has 0 saturated carbocycles. The summed E-state index contributed by atoms with van der Waals surface area (Å²) < 4.78 is 16.8. The quantitative estimate of drug-likeness (QED) is 0.109. The van der Waals surface area contributed by atoms with Crippen LogP contribution in [0.25, 0.3) is 0 Å². The first-order valence-corrected chi connectivity index (χ1v) is 15.2. The molecule has 0 aliphatic rings. The summed E-state index contributed by atoms with van der Waals surface area (Å²) in [5, 5.41) is 49.0. The molecule has 0 aromatic heterocycles. The zero-order valence-electron chi connectivity index (χ0n) is 22.3. The van der Waals surface area contributed by atoms with Gasteiger partial charge in [-0.2, -0.15) is 23.5 Å². The molecular formula is C25H52O8S2. The van der Waals surface area contributed by atoms with Crippen LogP contribution in [0.1, 0.15) is 59.8 Å². The molecule has 0 radical (unpaired) electrons. The molecule has 8 nitrogen and oxygen atoms in total. The molecule has 0 bridgehead atoms. The molecule has 0 aromatic rings. The van der Waals surface area contributed by atoms with Gasteiger partial charge in [0.15, 0.2) is 0 Å². The van der Waals surface area contributed by atoms with E-state index in [-0.39, 0.29) is 25.9 Å². The van der Waals surface area contributed by atoms with Crippen LogP contribution in [0.4, 0.5) is 0 Å². The lowest BCUT2D eigenvalue weighted by molar-refractivity contribution is -0.0930. The smallest absolute Gasteiger partial charge is 0.0914 e. The average Bonchev–Trinajstić information content (AvgIpc) is 2.77. The molecule has 0 saturated heterocycles. The number of rotatable bonds is 25. The predicted molar refractivity (Wildman–Crippen MR) is 145 cm³/mol. The van der Waals surface area contributed by atoms with E-state index < -0.39 is 23.9 Å². The van der Waals surface area contributed by atoms with Gasteiger partial charge in [0, 0.05) is 49.4 Å². The highest BCUT2D eigenvalue weighted by Crippen LogP contribution is 2.20. The maximum absolute atomic E-state index is 10.5. The van der Waals surface area contributed by atoms with Crippen LogP contribution >= 0.6 is 23.5 Å². The van der Waals surface area contributed by atoms with E-state index in [0.717, 1.165) is 25.7 Å². The molecule has 0 fully saturated rings. The Bertz CT molecular complexity index is 471. The minimum absolute atomic E-state index is 0.153. The molecule has 4 unspecified atom stereocenters. The monoisotopic (exact) mass is 544 g/mol. The Hall–Kier alpha value is 0.380. The first-order chi connectivity index (χ1) is 16.6. The van der Waals surface area contributed by atoms with E-state index in [9.17, 15) is 20.4 Å². The summed E-state index contributed by atoms with van der Waals surface area (Å²) in [5.74, 6) is 2.59. The van der Waals surface area contributed by atoms with Crippen molar-refractivity contribution >= 4 is 23.5 Å². The zero-order valence-corrected chi connectivity index (χ0v) is 23.9. The van der Waals surface area contributed by atoms with E-state index >= 15 is 0 Å². The van der Waals surface area contributed by atoms with Gasteiger partial charge >= 0.3 is 0 Å². The fourth-order valence-corrected chi connectivity index (χ4v) is 5.10. The van der Waals surface area contributed by atoms with Crippen molar-refractivity contribution in [2.75, 3.05) is 62.7 Å². The number of aliphatic hydroxyl groups is 5. The molecule has 0 aromatic carbocycles. The minimum Gasteiger partial charge on any atom is -0.396 e. The third-order valence-corrected chi connectivity index (χ3v) is 7.64. The highest BCUT2D eigenvalue weighted by Gasteiger charge is 2.28. The van der Waals surface area contributed by atoms with Crippen molar-refractivity contribution in [3.63, 3.8) is 0 Å². The van der Waals surface area contributed by atoms with Gasteiger partial charge in [-0.25, -0.2) is 0 Å². The Balaban J connectivity index is 3.73. The van der Waals surface area contributed by atoms with E-state index in [0.29, 0.717) is 55.2 Å². The lowest BCUT2D eigenvalue weighted by Crippen LogP contribution is -2.41. The van der Waals surface area contributed by atoms with Crippen molar-refractivity contribution in [3.8, 4) is 0 Å². The summed E-state index contributed by atoms with van der Waals surface area (Å²) in [4.78, 5) is 0. The van der Waals surface area contributed by atoms with Crippen molar-refractivity contribution < 1.29 is 39.7 Å². The van der Waals surface area contributed by atoms with E-state index in [4.69, 9.17) is 19.3 Å². The van der Waals surface area contributed by atoms with Gasteiger partial charge in [-0.05, 0) is 51.9 Å². The Morgan fingerprint density at radius 2 is 1.17 bits per heavy atom. The van der Waals surface area contributed by atoms with Crippen LogP contribution in [-0.4, -0.2) is 118 Å². The van der Waals surface area contributed by atoms with Crippen LogP contribution in [-0.2, 0) is 14.2 Å². The fourth-order valence-electron chi connectivity index (χ4n) is 3.06. The number of hydrogen-bond donors (Lipinski definition) is 5. The zero-order chi connectivity index (χ0) is 26.5. The summed E-state index contributed by atoms with van der Waals surface area (Å²) in [6, 6.07) is 0. The summed E-state index contributed by atoms with van der Waals surface area (Å²) in [7, 11) is 0. The van der Waals surface area contributed by atoms with Gasteiger partial charge in [0.1, 0.15) is 0 Å². The van der Waals surface area contributed by atoms with Crippen molar-refractivity contribution in [1.29, 1.82) is 0 Å². The van der Waals surface area contributed by atoms with Crippen LogP contribution in [0, 0.1) is 5.92 Å². The van der Waals surface area contributed by atoms with E-state index in [1.54, 1.807) is 11.8 Å². The average molecular weight is 545 g/mol. The first kappa shape index (κ1) is 35.4. The number of hydrogen-bond acceptors (Lipinski definition) is 10. The van der Waals surface area contributed by atoms with Gasteiger partial charge in [-0.3, -0.25) is 0 Å². The molecule has 10 heteroatoms. The minimum atomic E-state index is -0.687. The highest BCUT2D eigenvalue weighted by atomic mass is 32.2. The third kappa shape index (κ3) is 22.1. The van der Waals surface area contributed by atoms with Crippen LogP contribution in [0.2, 0.25) is 0 Å². The summed E-state index contributed by atoms with van der Waals surface area (Å²) in [6.07, 6.45) is 1.75. The van der Waals surface area contributed by atoms with Crippen molar-refractivity contribution in [2.45, 2.75) is 89.8 Å². The van der Waals surface area contributed by atoms with Gasteiger partial charge in [0.25, 0.3) is 0 Å². The summed E-state index contributed by atoms with van der Waals surface area (Å²) in [6.45, 7) is 10.2. The topological polar surface area (TPSA) is 129 Å². The van der Waals surface area contributed by atoms with Crippen LogP contribution < -0.4 is 0 Å². The van der Waals surface area contributed by atoms with Crippen LogP contribution in [0.15, 0.2) is 0 Å². The molecule has 0 amide bonds. The number of thioether (sulfide) groups is 2. The number of aliphatic hydroxyl groups excluding tert-OH is 5. The summed E-state index contributed by atoms with van der Waals surface area (Å²) in [5.41, 5.74) is -0.687. The second kappa shape index (κ2) is 22.4. The largest absolute Gasteiger partial charge is 0.396 e. The Labute approximate surface area is 221 Å². The molecular weight excluding hydrogens is 492 g/mol. The SMILES string of the molecule is CC(C)CC(O)CSCC(O)COCCCCOC(C)(C)C(O)CSCC(O)COCCCCO. The Morgan fingerprint density at radius 1 is 0.686 bits per heavy atom. The van der Waals surface area contributed by atoms with Crippen LogP contribution in [0.3, 0.4) is 0 Å². The molecule has 0 heterocycles. The number of unbranched alkanes of at least 4 members (excludes halogenated alkanes) is 2. The third-order valence-electron chi connectivity index (χ3n) is 5.23. The second-order valence-electron chi connectivity index (χ2n) is 9.92. The van der Waals surface area contributed by atoms with Crippen molar-refractivity contribution in [2.24, 2.45) is 5.92 Å². The second-order valence-corrected chi connectivity index (χ2v) is 12.1. The first-order valence-electron chi connectivity index (χ1n) is 12.9. The van der Waals surface area contributed by atoms with Gasteiger partial charge in [-0.1, -0.05) is 13.8 Å².